The van der Waals surface area contributed by atoms with Gasteiger partial charge in [-0.05, 0) is 44.0 Å². The number of rotatable bonds is 3. The minimum atomic E-state index is -3.44. The number of amides is 1. The molecular weight excluding hydrogens is 362 g/mol. The van der Waals surface area contributed by atoms with E-state index >= 15 is 0 Å². The van der Waals surface area contributed by atoms with E-state index in [0.29, 0.717) is 25.2 Å². The van der Waals surface area contributed by atoms with Crippen molar-refractivity contribution >= 4 is 28.3 Å². The summed E-state index contributed by atoms with van der Waals surface area (Å²) >= 11 is 0. The Morgan fingerprint density at radius 3 is 2.32 bits per heavy atom. The van der Waals surface area contributed by atoms with Gasteiger partial charge in [-0.3, -0.25) is 4.79 Å². The molecule has 1 amide bonds. The first-order valence-corrected chi connectivity index (χ1v) is 10.1. The van der Waals surface area contributed by atoms with Crippen molar-refractivity contribution in [2.24, 2.45) is 0 Å². The van der Waals surface area contributed by atoms with Gasteiger partial charge < -0.3 is 10.2 Å². The summed E-state index contributed by atoms with van der Waals surface area (Å²) in [6, 6.07) is 6.53. The molecule has 0 radical (unpaired) electrons. The van der Waals surface area contributed by atoms with Crippen LogP contribution in [0.25, 0.3) is 0 Å². The van der Waals surface area contributed by atoms with Crippen LogP contribution in [0.3, 0.4) is 0 Å². The van der Waals surface area contributed by atoms with Crippen molar-refractivity contribution < 1.29 is 13.2 Å². The van der Waals surface area contributed by atoms with Crippen LogP contribution in [0.4, 0.5) is 0 Å². The molecule has 1 aromatic carbocycles. The summed E-state index contributed by atoms with van der Waals surface area (Å²) in [6.07, 6.45) is 2.91. The van der Waals surface area contributed by atoms with E-state index in [1.54, 1.807) is 28.6 Å². The molecular formula is C17H26ClN3O3S. The minimum absolute atomic E-state index is 0. The Labute approximate surface area is 156 Å². The highest BCUT2D eigenvalue weighted by atomic mass is 35.5. The number of sulfonamides is 1. The molecule has 2 aliphatic rings. The zero-order valence-electron chi connectivity index (χ0n) is 14.5. The highest BCUT2D eigenvalue weighted by Crippen LogP contribution is 2.21. The normalized spacial score (nSPS) is 22.3. The molecule has 0 saturated carbocycles. The molecule has 1 aromatic rings. The topological polar surface area (TPSA) is 69.7 Å². The number of hydrogen-bond acceptors (Lipinski definition) is 4. The van der Waals surface area contributed by atoms with Crippen molar-refractivity contribution in [1.82, 2.24) is 14.5 Å². The molecule has 2 saturated heterocycles. The van der Waals surface area contributed by atoms with Gasteiger partial charge in [0, 0.05) is 44.3 Å². The molecule has 25 heavy (non-hydrogen) atoms. The molecule has 2 aliphatic heterocycles. The van der Waals surface area contributed by atoms with Crippen LogP contribution in [0.1, 0.15) is 36.5 Å². The Kier molecular flexibility index (Phi) is 6.85. The fourth-order valence-electron chi connectivity index (χ4n) is 3.33. The maximum atomic E-state index is 12.6. The third-order valence-corrected chi connectivity index (χ3v) is 6.73. The molecule has 0 unspecified atom stereocenters. The maximum absolute atomic E-state index is 12.6. The third-order valence-electron chi connectivity index (χ3n) is 4.82. The van der Waals surface area contributed by atoms with Crippen LogP contribution in [0.15, 0.2) is 29.2 Å². The van der Waals surface area contributed by atoms with Gasteiger partial charge in [0.15, 0.2) is 0 Å². The molecule has 0 spiro atoms. The van der Waals surface area contributed by atoms with Gasteiger partial charge in [0.05, 0.1) is 4.90 Å². The van der Waals surface area contributed by atoms with Gasteiger partial charge in [-0.1, -0.05) is 6.42 Å². The van der Waals surface area contributed by atoms with E-state index in [1.165, 1.54) is 0 Å². The second kappa shape index (κ2) is 8.49. The smallest absolute Gasteiger partial charge is 0.254 e. The largest absolute Gasteiger partial charge is 0.333 e. The lowest BCUT2D eigenvalue weighted by Gasteiger charge is -2.34. The first-order valence-electron chi connectivity index (χ1n) is 8.62. The van der Waals surface area contributed by atoms with Gasteiger partial charge in [-0.2, -0.15) is 4.31 Å². The van der Waals surface area contributed by atoms with Crippen LogP contribution in [0.5, 0.6) is 0 Å². The summed E-state index contributed by atoms with van der Waals surface area (Å²) in [4.78, 5) is 14.7. The zero-order valence-corrected chi connectivity index (χ0v) is 16.1. The van der Waals surface area contributed by atoms with Gasteiger partial charge in [0.1, 0.15) is 0 Å². The molecule has 3 rings (SSSR count). The number of halogens is 1. The second-order valence-corrected chi connectivity index (χ2v) is 8.48. The fraction of sp³-hybridized carbons (Fsp3) is 0.588. The zero-order chi connectivity index (χ0) is 17.2. The average Bonchev–Trinajstić information content (AvgIpc) is 2.62. The van der Waals surface area contributed by atoms with E-state index in [4.69, 9.17) is 0 Å². The number of carbonyl (C=O) groups excluding carboxylic acids is 1. The van der Waals surface area contributed by atoms with Crippen LogP contribution in [-0.4, -0.2) is 62.3 Å². The van der Waals surface area contributed by atoms with Crippen molar-refractivity contribution in [2.75, 3.05) is 32.7 Å². The number of nitrogens with one attached hydrogen (secondary N) is 1. The van der Waals surface area contributed by atoms with Crippen LogP contribution in [-0.2, 0) is 10.0 Å². The van der Waals surface area contributed by atoms with E-state index in [2.05, 4.69) is 5.32 Å². The SMILES string of the molecule is C[C@@H]1CNCCN1C(=O)c1ccc(S(=O)(=O)N2CCCCC2)cc1.Cl. The molecule has 0 aromatic heterocycles. The van der Waals surface area contributed by atoms with E-state index in [0.717, 1.165) is 32.4 Å². The first-order chi connectivity index (χ1) is 11.5. The van der Waals surface area contributed by atoms with Crippen LogP contribution < -0.4 is 5.32 Å². The van der Waals surface area contributed by atoms with Gasteiger partial charge >= 0.3 is 0 Å². The van der Waals surface area contributed by atoms with E-state index < -0.39 is 10.0 Å². The predicted octanol–water partition coefficient (Wildman–Crippen LogP) is 1.72. The molecule has 2 heterocycles. The Bertz CT molecular complexity index is 688. The average molecular weight is 388 g/mol. The third kappa shape index (κ3) is 4.34. The van der Waals surface area contributed by atoms with E-state index in [9.17, 15) is 13.2 Å². The van der Waals surface area contributed by atoms with E-state index in [1.807, 2.05) is 11.8 Å². The standard InChI is InChI=1S/C17H25N3O3S.ClH/c1-14-13-18-9-12-20(14)17(21)15-5-7-16(8-6-15)24(22,23)19-10-3-2-4-11-19;/h5-8,14,18H,2-4,9-13H2,1H3;1H/t14-;/m1./s1. The fourth-order valence-corrected chi connectivity index (χ4v) is 4.85. The Balaban J connectivity index is 0.00000225. The number of piperidine rings is 1. The molecule has 2 fully saturated rings. The molecule has 1 N–H and O–H groups in total. The highest BCUT2D eigenvalue weighted by Gasteiger charge is 2.27. The van der Waals surface area contributed by atoms with Crippen LogP contribution in [0.2, 0.25) is 0 Å². The molecule has 0 aliphatic carbocycles. The first kappa shape index (κ1) is 20.2. The maximum Gasteiger partial charge on any atom is 0.254 e. The summed E-state index contributed by atoms with van der Waals surface area (Å²) in [5, 5.41) is 3.26. The lowest BCUT2D eigenvalue weighted by Crippen LogP contribution is -2.52. The van der Waals surface area contributed by atoms with Gasteiger partial charge in [-0.15, -0.1) is 12.4 Å². The van der Waals surface area contributed by atoms with Crippen molar-refractivity contribution in [3.8, 4) is 0 Å². The summed E-state index contributed by atoms with van der Waals surface area (Å²) in [7, 11) is -3.44. The predicted molar refractivity (Wildman–Crippen MR) is 99.7 cm³/mol. The number of benzene rings is 1. The van der Waals surface area contributed by atoms with Crippen molar-refractivity contribution in [2.45, 2.75) is 37.1 Å². The van der Waals surface area contributed by atoms with Gasteiger partial charge in [-0.25, -0.2) is 8.42 Å². The number of nitrogens with zero attached hydrogens (tertiary/aromatic N) is 2. The van der Waals surface area contributed by atoms with Crippen LogP contribution >= 0.6 is 12.4 Å². The summed E-state index contributed by atoms with van der Waals surface area (Å²) < 4.78 is 26.8. The molecule has 0 bridgehead atoms. The molecule has 140 valence electrons. The van der Waals surface area contributed by atoms with Gasteiger partial charge in [0.2, 0.25) is 10.0 Å². The van der Waals surface area contributed by atoms with Gasteiger partial charge in [0.25, 0.3) is 5.91 Å². The minimum Gasteiger partial charge on any atom is -0.333 e. The summed E-state index contributed by atoms with van der Waals surface area (Å²) in [6.45, 7) is 5.43. The van der Waals surface area contributed by atoms with Crippen LogP contribution in [0, 0.1) is 0 Å². The number of carbonyl (C=O) groups is 1. The van der Waals surface area contributed by atoms with Crippen molar-refractivity contribution in [1.29, 1.82) is 0 Å². The van der Waals surface area contributed by atoms with Crippen molar-refractivity contribution in [3.05, 3.63) is 29.8 Å². The van der Waals surface area contributed by atoms with Crippen molar-refractivity contribution in [3.63, 3.8) is 0 Å². The summed E-state index contributed by atoms with van der Waals surface area (Å²) in [5.74, 6) is -0.0362. The van der Waals surface area contributed by atoms with E-state index in [-0.39, 0.29) is 29.3 Å². The number of hydrogen-bond donors (Lipinski definition) is 1. The Morgan fingerprint density at radius 2 is 1.72 bits per heavy atom. The quantitative estimate of drug-likeness (QED) is 0.857. The lowest BCUT2D eigenvalue weighted by molar-refractivity contribution is 0.0655. The monoisotopic (exact) mass is 387 g/mol. The lowest BCUT2D eigenvalue weighted by atomic mass is 10.1. The Morgan fingerprint density at radius 1 is 1.08 bits per heavy atom. The highest BCUT2D eigenvalue weighted by molar-refractivity contribution is 7.89. The molecule has 6 nitrogen and oxygen atoms in total. The Hall–Kier alpha value is -1.15. The molecule has 8 heteroatoms. The molecule has 1 atom stereocenters. The second-order valence-electron chi connectivity index (χ2n) is 6.54. The number of piperazine rings is 1. The summed E-state index contributed by atoms with van der Waals surface area (Å²) in [5.41, 5.74) is 0.543.